The molecule has 0 aliphatic carbocycles. The molecular formula is C15H13ClN2O6. The lowest BCUT2D eigenvalue weighted by Gasteiger charge is -2.12. The number of esters is 1. The third-order valence-electron chi connectivity index (χ3n) is 3.20. The van der Waals surface area contributed by atoms with Crippen molar-refractivity contribution in [2.24, 2.45) is 0 Å². The molecule has 0 fully saturated rings. The molecule has 8 nitrogen and oxygen atoms in total. The fourth-order valence-electron chi connectivity index (χ4n) is 2.02. The van der Waals surface area contributed by atoms with Crippen LogP contribution in [0.15, 0.2) is 22.7 Å². The van der Waals surface area contributed by atoms with Gasteiger partial charge in [-0.15, -0.1) is 0 Å². The van der Waals surface area contributed by atoms with E-state index in [-0.39, 0.29) is 23.2 Å². The van der Waals surface area contributed by atoms with E-state index in [1.54, 1.807) is 13.0 Å². The van der Waals surface area contributed by atoms with Gasteiger partial charge in [0.15, 0.2) is 23.4 Å². The lowest BCUT2D eigenvalue weighted by Crippen LogP contribution is -2.30. The van der Waals surface area contributed by atoms with Crippen molar-refractivity contribution >= 4 is 29.3 Å². The first-order valence-corrected chi connectivity index (χ1v) is 7.36. The molecule has 1 aliphatic rings. The van der Waals surface area contributed by atoms with E-state index < -0.39 is 18.0 Å². The molecule has 24 heavy (non-hydrogen) atoms. The largest absolute Gasteiger partial charge is 0.454 e. The summed E-state index contributed by atoms with van der Waals surface area (Å²) in [6.07, 6.45) is -1.04. The van der Waals surface area contributed by atoms with Crippen LogP contribution in [0.1, 0.15) is 23.0 Å². The van der Waals surface area contributed by atoms with Crippen LogP contribution in [0.3, 0.4) is 0 Å². The van der Waals surface area contributed by atoms with Crippen molar-refractivity contribution in [3.63, 3.8) is 0 Å². The predicted molar refractivity (Wildman–Crippen MR) is 82.3 cm³/mol. The van der Waals surface area contributed by atoms with Crippen LogP contribution < -0.4 is 14.8 Å². The van der Waals surface area contributed by atoms with E-state index in [1.165, 1.54) is 19.1 Å². The first-order chi connectivity index (χ1) is 11.4. The summed E-state index contributed by atoms with van der Waals surface area (Å²) in [6.45, 7) is 3.16. The summed E-state index contributed by atoms with van der Waals surface area (Å²) < 4.78 is 20.3. The first-order valence-electron chi connectivity index (χ1n) is 6.98. The fraction of sp³-hybridized carbons (Fsp3) is 0.267. The van der Waals surface area contributed by atoms with E-state index in [0.29, 0.717) is 17.3 Å². The minimum atomic E-state index is -1.04. The van der Waals surface area contributed by atoms with E-state index in [9.17, 15) is 9.59 Å². The minimum Gasteiger partial charge on any atom is -0.454 e. The van der Waals surface area contributed by atoms with Crippen molar-refractivity contribution in [2.75, 3.05) is 12.1 Å². The second-order valence-electron chi connectivity index (χ2n) is 5.05. The average molecular weight is 353 g/mol. The van der Waals surface area contributed by atoms with Gasteiger partial charge >= 0.3 is 5.97 Å². The van der Waals surface area contributed by atoms with Crippen molar-refractivity contribution in [3.8, 4) is 11.5 Å². The van der Waals surface area contributed by atoms with Gasteiger partial charge in [0.25, 0.3) is 5.91 Å². The van der Waals surface area contributed by atoms with Gasteiger partial charge in [-0.1, -0.05) is 16.8 Å². The van der Waals surface area contributed by atoms with Crippen LogP contribution in [0.5, 0.6) is 11.5 Å². The first kappa shape index (κ1) is 16.1. The molecule has 0 spiro atoms. The maximum Gasteiger partial charge on any atom is 0.339 e. The van der Waals surface area contributed by atoms with Crippen LogP contribution in [-0.4, -0.2) is 29.9 Å². The van der Waals surface area contributed by atoms with E-state index in [1.807, 2.05) is 0 Å². The van der Waals surface area contributed by atoms with E-state index in [0.717, 1.165) is 0 Å². The average Bonchev–Trinajstić information content (AvgIpc) is 3.16. The number of carbonyl (C=O) groups is 2. The number of hydrogen-bond acceptors (Lipinski definition) is 7. The lowest BCUT2D eigenvalue weighted by atomic mass is 10.2. The van der Waals surface area contributed by atoms with E-state index in [4.69, 9.17) is 30.3 Å². The van der Waals surface area contributed by atoms with Crippen LogP contribution in [0, 0.1) is 6.92 Å². The smallest absolute Gasteiger partial charge is 0.339 e. The topological polar surface area (TPSA) is 99.9 Å². The number of halogens is 1. The van der Waals surface area contributed by atoms with Gasteiger partial charge in [-0.05, 0) is 26.0 Å². The molecule has 9 heteroatoms. The third kappa shape index (κ3) is 3.28. The number of anilines is 1. The molecule has 1 amide bonds. The maximum atomic E-state index is 12.2. The number of aryl methyl sites for hydroxylation is 1. The molecular weight excluding hydrogens is 340 g/mol. The minimum absolute atomic E-state index is 0.0312. The number of nitrogens with one attached hydrogen (secondary N) is 1. The van der Waals surface area contributed by atoms with E-state index in [2.05, 4.69) is 10.5 Å². The number of benzene rings is 1. The molecule has 2 aromatic rings. The van der Waals surface area contributed by atoms with Gasteiger partial charge in [0, 0.05) is 6.07 Å². The van der Waals surface area contributed by atoms with Crippen LogP contribution in [0.2, 0.25) is 5.02 Å². The zero-order valence-electron chi connectivity index (χ0n) is 12.8. The van der Waals surface area contributed by atoms with E-state index >= 15 is 0 Å². The molecule has 1 aliphatic heterocycles. The SMILES string of the molecule is Cc1cc(NC(=O)C(C)OC(=O)c2cc(Cl)c3c(c2)OCO3)no1. The number of nitrogens with zero attached hydrogens (tertiary/aromatic N) is 1. The number of hydrogen-bond donors (Lipinski definition) is 1. The van der Waals surface area contributed by atoms with Crippen molar-refractivity contribution < 1.29 is 28.3 Å². The molecule has 1 unspecified atom stereocenters. The highest BCUT2D eigenvalue weighted by Gasteiger charge is 2.24. The number of ether oxygens (including phenoxy) is 3. The highest BCUT2D eigenvalue weighted by Crippen LogP contribution is 2.39. The number of rotatable bonds is 4. The van der Waals surface area contributed by atoms with Gasteiger partial charge in [-0.2, -0.15) is 0 Å². The summed E-state index contributed by atoms with van der Waals surface area (Å²) >= 11 is 6.02. The Morgan fingerprint density at radius 1 is 1.33 bits per heavy atom. The Kier molecular flexibility index (Phi) is 4.30. The lowest BCUT2D eigenvalue weighted by molar-refractivity contribution is -0.123. The zero-order valence-corrected chi connectivity index (χ0v) is 13.5. The molecule has 0 saturated heterocycles. The quantitative estimate of drug-likeness (QED) is 0.844. The van der Waals surface area contributed by atoms with Crippen LogP contribution in [-0.2, 0) is 9.53 Å². The Morgan fingerprint density at radius 2 is 2.12 bits per heavy atom. The van der Waals surface area contributed by atoms with Gasteiger partial charge in [0.1, 0.15) is 5.76 Å². The summed E-state index contributed by atoms with van der Waals surface area (Å²) in [5.74, 6) is 0.263. The standard InChI is InChI=1S/C15H13ClN2O6/c1-7-3-12(18-24-7)17-14(19)8(2)23-15(20)9-4-10(16)13-11(5-9)21-6-22-13/h3-5,8H,6H2,1-2H3,(H,17,18,19). The molecule has 0 saturated carbocycles. The summed E-state index contributed by atoms with van der Waals surface area (Å²) in [6, 6.07) is 4.38. The molecule has 2 heterocycles. The Hall–Kier alpha value is -2.74. The van der Waals surface area contributed by atoms with Crippen molar-refractivity contribution in [2.45, 2.75) is 20.0 Å². The summed E-state index contributed by atoms with van der Waals surface area (Å²) in [4.78, 5) is 24.2. The van der Waals surface area contributed by atoms with Crippen molar-refractivity contribution in [1.82, 2.24) is 5.16 Å². The van der Waals surface area contributed by atoms with Gasteiger partial charge in [-0.3, -0.25) is 4.79 Å². The molecule has 126 valence electrons. The number of fused-ring (bicyclic) bond motifs is 1. The highest BCUT2D eigenvalue weighted by molar-refractivity contribution is 6.32. The Bertz CT molecular complexity index is 803. The maximum absolute atomic E-state index is 12.2. The van der Waals surface area contributed by atoms with Crippen LogP contribution in [0.4, 0.5) is 5.82 Å². The zero-order chi connectivity index (χ0) is 17.3. The summed E-state index contributed by atoms with van der Waals surface area (Å²) in [7, 11) is 0. The van der Waals surface area contributed by atoms with Crippen molar-refractivity contribution in [1.29, 1.82) is 0 Å². The van der Waals surface area contributed by atoms with Crippen LogP contribution >= 0.6 is 11.6 Å². The molecule has 1 atom stereocenters. The molecule has 3 rings (SSSR count). The third-order valence-corrected chi connectivity index (χ3v) is 3.48. The van der Waals surface area contributed by atoms with Gasteiger partial charge in [0.05, 0.1) is 10.6 Å². The Morgan fingerprint density at radius 3 is 2.83 bits per heavy atom. The number of carbonyl (C=O) groups excluding carboxylic acids is 2. The molecule has 1 aromatic heterocycles. The molecule has 1 aromatic carbocycles. The number of aromatic nitrogens is 1. The van der Waals surface area contributed by atoms with Crippen LogP contribution in [0.25, 0.3) is 0 Å². The normalized spacial score (nSPS) is 13.5. The van der Waals surface area contributed by atoms with Gasteiger partial charge in [-0.25, -0.2) is 4.79 Å². The van der Waals surface area contributed by atoms with Gasteiger partial charge < -0.3 is 24.1 Å². The number of amides is 1. The van der Waals surface area contributed by atoms with Crippen molar-refractivity contribution in [3.05, 3.63) is 34.5 Å². The summed E-state index contributed by atoms with van der Waals surface area (Å²) in [5.41, 5.74) is 0.154. The fourth-order valence-corrected chi connectivity index (χ4v) is 2.29. The Labute approximate surface area is 141 Å². The Balaban J connectivity index is 1.66. The highest BCUT2D eigenvalue weighted by atomic mass is 35.5. The summed E-state index contributed by atoms with van der Waals surface area (Å²) in [5, 5.41) is 6.34. The second-order valence-corrected chi connectivity index (χ2v) is 5.46. The molecule has 0 bridgehead atoms. The monoisotopic (exact) mass is 352 g/mol. The molecule has 0 radical (unpaired) electrons. The second kappa shape index (κ2) is 6.40. The van der Waals surface area contributed by atoms with Gasteiger partial charge in [0.2, 0.25) is 6.79 Å². The predicted octanol–water partition coefficient (Wildman–Crippen LogP) is 2.55. The molecule has 1 N–H and O–H groups in total.